The molecule has 1 fully saturated rings. The van der Waals surface area contributed by atoms with E-state index in [2.05, 4.69) is 10.3 Å². The lowest BCUT2D eigenvalue weighted by molar-refractivity contribution is -0.154. The summed E-state index contributed by atoms with van der Waals surface area (Å²) in [7, 11) is 0. The van der Waals surface area contributed by atoms with Crippen LogP contribution in [-0.2, 0) is 14.3 Å². The van der Waals surface area contributed by atoms with Gasteiger partial charge in [-0.05, 0) is 19.8 Å². The van der Waals surface area contributed by atoms with E-state index < -0.39 is 6.10 Å². The second-order valence-electron chi connectivity index (χ2n) is 5.25. The molecule has 1 N–H and O–H groups in total. The zero-order valence-corrected chi connectivity index (χ0v) is 12.9. The van der Waals surface area contributed by atoms with E-state index in [1.807, 2.05) is 35.7 Å². The van der Waals surface area contributed by atoms with E-state index in [9.17, 15) is 9.59 Å². The van der Waals surface area contributed by atoms with Crippen molar-refractivity contribution in [3.8, 4) is 11.3 Å². The first-order valence-corrected chi connectivity index (χ1v) is 8.04. The van der Waals surface area contributed by atoms with Crippen molar-refractivity contribution in [1.82, 2.24) is 4.98 Å². The predicted octanol–water partition coefficient (Wildman–Crippen LogP) is 3.09. The molecule has 0 radical (unpaired) electrons. The average Bonchev–Trinajstić information content (AvgIpc) is 3.28. The molecule has 2 aromatic rings. The molecule has 1 aliphatic carbocycles. The molecular weight excluding hydrogens is 300 g/mol. The Balaban J connectivity index is 1.59. The monoisotopic (exact) mass is 316 g/mol. The number of anilines is 1. The molecule has 1 atom stereocenters. The van der Waals surface area contributed by atoms with Crippen LogP contribution in [0.5, 0.6) is 0 Å². The minimum absolute atomic E-state index is 0.0141. The molecular formula is C16H16N2O3S. The predicted molar refractivity (Wildman–Crippen MR) is 84.5 cm³/mol. The summed E-state index contributed by atoms with van der Waals surface area (Å²) in [5.74, 6) is -0.658. The zero-order valence-electron chi connectivity index (χ0n) is 12.1. The molecule has 1 aliphatic rings. The molecule has 0 aliphatic heterocycles. The first kappa shape index (κ1) is 14.7. The van der Waals surface area contributed by atoms with E-state index in [-0.39, 0.29) is 17.8 Å². The van der Waals surface area contributed by atoms with Crippen LogP contribution >= 0.6 is 11.3 Å². The van der Waals surface area contributed by atoms with E-state index in [4.69, 9.17) is 4.74 Å². The molecule has 1 heterocycles. The van der Waals surface area contributed by atoms with Crippen LogP contribution in [0, 0.1) is 5.92 Å². The van der Waals surface area contributed by atoms with Crippen LogP contribution in [0.25, 0.3) is 11.3 Å². The van der Waals surface area contributed by atoms with E-state index >= 15 is 0 Å². The number of hydrogen-bond acceptors (Lipinski definition) is 5. The lowest BCUT2D eigenvalue weighted by atomic mass is 10.2. The number of hydrogen-bond donors (Lipinski definition) is 1. The second-order valence-corrected chi connectivity index (χ2v) is 6.10. The normalized spacial score (nSPS) is 15.1. The van der Waals surface area contributed by atoms with Crippen LogP contribution in [0.15, 0.2) is 35.7 Å². The van der Waals surface area contributed by atoms with E-state index in [0.29, 0.717) is 5.13 Å². The maximum atomic E-state index is 12.0. The van der Waals surface area contributed by atoms with Crippen LogP contribution in [0.1, 0.15) is 19.8 Å². The van der Waals surface area contributed by atoms with Crippen molar-refractivity contribution in [2.45, 2.75) is 25.9 Å². The number of rotatable bonds is 5. The number of nitrogens with one attached hydrogen (secondary N) is 1. The van der Waals surface area contributed by atoms with Crippen molar-refractivity contribution < 1.29 is 14.3 Å². The Bertz CT molecular complexity index is 680. The zero-order chi connectivity index (χ0) is 15.5. The number of nitrogens with zero attached hydrogens (tertiary/aromatic N) is 1. The third-order valence-corrected chi connectivity index (χ3v) is 4.13. The van der Waals surface area contributed by atoms with Gasteiger partial charge in [0.25, 0.3) is 5.91 Å². The summed E-state index contributed by atoms with van der Waals surface area (Å²) in [6.45, 7) is 1.57. The van der Waals surface area contributed by atoms with Crippen LogP contribution in [-0.4, -0.2) is 23.0 Å². The number of aromatic nitrogens is 1. The highest BCUT2D eigenvalue weighted by molar-refractivity contribution is 7.14. The van der Waals surface area contributed by atoms with Crippen molar-refractivity contribution >= 4 is 28.3 Å². The fourth-order valence-electron chi connectivity index (χ4n) is 1.92. The quantitative estimate of drug-likeness (QED) is 0.861. The molecule has 1 aromatic heterocycles. The largest absolute Gasteiger partial charge is 0.452 e. The highest BCUT2D eigenvalue weighted by Gasteiger charge is 2.33. The fourth-order valence-corrected chi connectivity index (χ4v) is 2.65. The first-order valence-electron chi connectivity index (χ1n) is 7.16. The van der Waals surface area contributed by atoms with Gasteiger partial charge in [-0.15, -0.1) is 11.3 Å². The molecule has 1 saturated carbocycles. The minimum Gasteiger partial charge on any atom is -0.452 e. The molecule has 114 valence electrons. The SMILES string of the molecule is C[C@H](OC(=O)C1CC1)C(=O)Nc1nc(-c2ccccc2)cs1. The molecule has 0 bridgehead atoms. The Morgan fingerprint density at radius 1 is 1.32 bits per heavy atom. The second kappa shape index (κ2) is 6.27. The number of carbonyl (C=O) groups excluding carboxylic acids is 2. The van der Waals surface area contributed by atoms with Crippen molar-refractivity contribution in [2.24, 2.45) is 5.92 Å². The third kappa shape index (κ3) is 3.51. The molecule has 5 nitrogen and oxygen atoms in total. The van der Waals surface area contributed by atoms with Gasteiger partial charge in [0, 0.05) is 10.9 Å². The maximum absolute atomic E-state index is 12.0. The van der Waals surface area contributed by atoms with Crippen LogP contribution in [0.3, 0.4) is 0 Å². The van der Waals surface area contributed by atoms with Crippen molar-refractivity contribution in [3.05, 3.63) is 35.7 Å². The van der Waals surface area contributed by atoms with Gasteiger partial charge < -0.3 is 4.74 Å². The standard InChI is InChI=1S/C16H16N2O3S/c1-10(21-15(20)12-7-8-12)14(19)18-16-17-13(9-22-16)11-5-3-2-4-6-11/h2-6,9-10,12H,7-8H2,1H3,(H,17,18,19)/t10-/m0/s1. The van der Waals surface area contributed by atoms with Crippen molar-refractivity contribution in [1.29, 1.82) is 0 Å². The molecule has 1 aromatic carbocycles. The number of benzene rings is 1. The number of amides is 1. The van der Waals surface area contributed by atoms with Gasteiger partial charge in [0.2, 0.25) is 0 Å². The Kier molecular flexibility index (Phi) is 4.20. The van der Waals surface area contributed by atoms with E-state index in [1.165, 1.54) is 11.3 Å². The Hall–Kier alpha value is -2.21. The van der Waals surface area contributed by atoms with Crippen LogP contribution in [0.4, 0.5) is 5.13 Å². The summed E-state index contributed by atoms with van der Waals surface area (Å²) in [5, 5.41) is 5.07. The number of thiazole rings is 1. The summed E-state index contributed by atoms with van der Waals surface area (Å²) in [4.78, 5) is 27.9. The molecule has 1 amide bonds. The van der Waals surface area contributed by atoms with Crippen LogP contribution < -0.4 is 5.32 Å². The van der Waals surface area contributed by atoms with Gasteiger partial charge in [0.15, 0.2) is 11.2 Å². The Morgan fingerprint density at radius 3 is 2.73 bits per heavy atom. The summed E-state index contributed by atoms with van der Waals surface area (Å²) >= 11 is 1.34. The highest BCUT2D eigenvalue weighted by Crippen LogP contribution is 2.30. The number of esters is 1. The molecule has 22 heavy (non-hydrogen) atoms. The smallest absolute Gasteiger partial charge is 0.309 e. The molecule has 6 heteroatoms. The topological polar surface area (TPSA) is 68.3 Å². The lowest BCUT2D eigenvalue weighted by Gasteiger charge is -2.11. The minimum atomic E-state index is -0.808. The third-order valence-electron chi connectivity index (χ3n) is 3.38. The number of ether oxygens (including phenoxy) is 1. The Morgan fingerprint density at radius 2 is 2.05 bits per heavy atom. The molecule has 0 saturated heterocycles. The summed E-state index contributed by atoms with van der Waals surface area (Å²) in [5.41, 5.74) is 1.80. The molecule has 0 spiro atoms. The highest BCUT2D eigenvalue weighted by atomic mass is 32.1. The van der Waals surface area contributed by atoms with Gasteiger partial charge in [0.1, 0.15) is 0 Å². The lowest BCUT2D eigenvalue weighted by Crippen LogP contribution is -2.30. The van der Waals surface area contributed by atoms with Gasteiger partial charge in [-0.25, -0.2) is 4.98 Å². The summed E-state index contributed by atoms with van der Waals surface area (Å²) in [6, 6.07) is 9.73. The molecule has 0 unspecified atom stereocenters. The first-order chi connectivity index (χ1) is 10.6. The summed E-state index contributed by atoms with van der Waals surface area (Å²) < 4.78 is 5.13. The van der Waals surface area contributed by atoms with Gasteiger partial charge in [-0.2, -0.15) is 0 Å². The number of carbonyl (C=O) groups is 2. The average molecular weight is 316 g/mol. The van der Waals surface area contributed by atoms with Gasteiger partial charge in [-0.1, -0.05) is 30.3 Å². The van der Waals surface area contributed by atoms with Gasteiger partial charge in [-0.3, -0.25) is 14.9 Å². The van der Waals surface area contributed by atoms with Crippen LogP contribution in [0.2, 0.25) is 0 Å². The fraction of sp³-hybridized carbons (Fsp3) is 0.312. The van der Waals surface area contributed by atoms with E-state index in [0.717, 1.165) is 24.1 Å². The maximum Gasteiger partial charge on any atom is 0.309 e. The van der Waals surface area contributed by atoms with Gasteiger partial charge in [0.05, 0.1) is 11.6 Å². The van der Waals surface area contributed by atoms with Gasteiger partial charge >= 0.3 is 5.97 Å². The molecule has 3 rings (SSSR count). The van der Waals surface area contributed by atoms with E-state index in [1.54, 1.807) is 6.92 Å². The van der Waals surface area contributed by atoms with Crippen molar-refractivity contribution in [2.75, 3.05) is 5.32 Å². The Labute approximate surface area is 132 Å². The van der Waals surface area contributed by atoms with Crippen molar-refractivity contribution in [3.63, 3.8) is 0 Å². The summed E-state index contributed by atoms with van der Waals surface area (Å²) in [6.07, 6.45) is 0.914.